The van der Waals surface area contributed by atoms with Gasteiger partial charge in [0.2, 0.25) is 0 Å². The molecule has 0 saturated carbocycles. The monoisotopic (exact) mass is 330 g/mol. The van der Waals surface area contributed by atoms with Crippen LogP contribution in [0.1, 0.15) is 60.8 Å². The molecule has 0 aromatic carbocycles. The van der Waals surface area contributed by atoms with Crippen LogP contribution in [0.5, 0.6) is 0 Å². The van der Waals surface area contributed by atoms with Crippen LogP contribution < -0.4 is 0 Å². The summed E-state index contributed by atoms with van der Waals surface area (Å²) in [5, 5.41) is 0.0938. The number of hydrogen-bond acceptors (Lipinski definition) is 4. The minimum absolute atomic E-state index is 0.0938. The number of carbonyl (C=O) groups is 1. The Kier molecular flexibility index (Phi) is 6.05. The second kappa shape index (κ2) is 6.71. The van der Waals surface area contributed by atoms with Gasteiger partial charge in [-0.15, -0.1) is 0 Å². The van der Waals surface area contributed by atoms with E-state index < -0.39 is 19.7 Å². The maximum Gasteiger partial charge on any atom is 0.192 e. The van der Waals surface area contributed by atoms with E-state index in [0.717, 1.165) is 25.5 Å². The van der Waals surface area contributed by atoms with Gasteiger partial charge in [-0.2, -0.15) is 0 Å². The highest BCUT2D eigenvalue weighted by Crippen LogP contribution is 2.42. The van der Waals surface area contributed by atoms with Crippen LogP contribution in [-0.2, 0) is 18.7 Å². The predicted molar refractivity (Wildman–Crippen MR) is 91.5 cm³/mol. The number of hydrogen-bond donors (Lipinski definition) is 0. The van der Waals surface area contributed by atoms with Gasteiger partial charge in [0.25, 0.3) is 0 Å². The Labute approximate surface area is 137 Å². The zero-order valence-corrected chi connectivity index (χ0v) is 16.6. The summed E-state index contributed by atoms with van der Waals surface area (Å²) < 4.78 is 18.3. The highest BCUT2D eigenvalue weighted by Gasteiger charge is 2.53. The van der Waals surface area contributed by atoms with Gasteiger partial charge >= 0.3 is 0 Å². The molecule has 130 valence electrons. The van der Waals surface area contributed by atoms with Crippen LogP contribution in [0.25, 0.3) is 0 Å². The van der Waals surface area contributed by atoms with Crippen LogP contribution in [0.4, 0.5) is 0 Å². The fraction of sp³-hybridized carbons (Fsp3) is 0.941. The van der Waals surface area contributed by atoms with E-state index >= 15 is 0 Å². The van der Waals surface area contributed by atoms with E-state index in [9.17, 15) is 4.79 Å². The van der Waals surface area contributed by atoms with E-state index in [2.05, 4.69) is 40.8 Å². The summed E-state index contributed by atoms with van der Waals surface area (Å²) in [4.78, 5) is 11.9. The molecule has 1 saturated heterocycles. The van der Waals surface area contributed by atoms with Gasteiger partial charge in [0.05, 0.1) is 12.7 Å². The van der Waals surface area contributed by atoms with Gasteiger partial charge in [0.15, 0.2) is 26.0 Å². The number of carbonyl (C=O) groups excluding carboxylic acids is 1. The summed E-state index contributed by atoms with van der Waals surface area (Å²) in [6.45, 7) is 17.2. The number of unbranched alkanes of at least 4 members (excludes halogenated alkanes) is 1. The average Bonchev–Trinajstić information content (AvgIpc) is 2.70. The lowest BCUT2D eigenvalue weighted by Crippen LogP contribution is -2.55. The van der Waals surface area contributed by atoms with Crippen molar-refractivity contribution in [3.8, 4) is 0 Å². The van der Waals surface area contributed by atoms with E-state index in [-0.39, 0.29) is 17.7 Å². The fourth-order valence-corrected chi connectivity index (χ4v) is 3.80. The van der Waals surface area contributed by atoms with Gasteiger partial charge in [-0.3, -0.25) is 4.79 Å². The Balaban J connectivity index is 3.04. The molecule has 1 rings (SSSR count). The van der Waals surface area contributed by atoms with Crippen molar-refractivity contribution in [1.82, 2.24) is 0 Å². The lowest BCUT2D eigenvalue weighted by molar-refractivity contribution is -0.182. The molecule has 0 N–H and O–H groups in total. The molecule has 22 heavy (non-hydrogen) atoms. The van der Waals surface area contributed by atoms with E-state index in [0.29, 0.717) is 0 Å². The number of rotatable bonds is 7. The molecule has 0 aromatic heterocycles. The molecule has 2 atom stereocenters. The quantitative estimate of drug-likeness (QED) is 0.516. The van der Waals surface area contributed by atoms with Gasteiger partial charge in [-0.25, -0.2) is 0 Å². The molecule has 0 spiro atoms. The summed E-state index contributed by atoms with van der Waals surface area (Å²) in [6.07, 6.45) is 3.55. The summed E-state index contributed by atoms with van der Waals surface area (Å²) >= 11 is 0. The largest absolute Gasteiger partial charge is 0.410 e. The van der Waals surface area contributed by atoms with E-state index in [1.165, 1.54) is 0 Å². The predicted octanol–water partition coefficient (Wildman–Crippen LogP) is 4.29. The van der Waals surface area contributed by atoms with E-state index in [1.807, 2.05) is 13.8 Å². The summed E-state index contributed by atoms with van der Waals surface area (Å²) in [6, 6.07) is 0. The van der Waals surface area contributed by atoms with Crippen LogP contribution >= 0.6 is 0 Å². The molecule has 0 aliphatic carbocycles. The Morgan fingerprint density at radius 3 is 2.27 bits per heavy atom. The van der Waals surface area contributed by atoms with E-state index in [4.69, 9.17) is 13.9 Å². The first-order valence-electron chi connectivity index (χ1n) is 8.37. The Morgan fingerprint density at radius 2 is 1.91 bits per heavy atom. The van der Waals surface area contributed by atoms with Crippen LogP contribution in [0.3, 0.4) is 0 Å². The third-order valence-corrected chi connectivity index (χ3v) is 9.37. The first-order valence-corrected chi connectivity index (χ1v) is 11.3. The molecule has 1 aliphatic rings. The van der Waals surface area contributed by atoms with Crippen LogP contribution in [-0.4, -0.2) is 38.7 Å². The molecule has 0 aromatic rings. The minimum Gasteiger partial charge on any atom is -0.410 e. The zero-order valence-electron chi connectivity index (χ0n) is 15.6. The number of ether oxygens (including phenoxy) is 2. The highest BCUT2D eigenvalue weighted by molar-refractivity contribution is 6.74. The molecule has 5 heteroatoms. The zero-order chi connectivity index (χ0) is 17.2. The van der Waals surface area contributed by atoms with Crippen molar-refractivity contribution >= 4 is 14.6 Å². The fourth-order valence-electron chi connectivity index (χ4n) is 2.42. The number of aldehydes is 1. The Hall–Kier alpha value is -0.233. The lowest BCUT2D eigenvalue weighted by atomic mass is 9.95. The molecular weight excluding hydrogens is 296 g/mol. The van der Waals surface area contributed by atoms with Gasteiger partial charge in [0.1, 0.15) is 0 Å². The molecule has 0 unspecified atom stereocenters. The summed E-state index contributed by atoms with van der Waals surface area (Å²) in [5.74, 6) is -0.734. The molecule has 4 nitrogen and oxygen atoms in total. The average molecular weight is 331 g/mol. The topological polar surface area (TPSA) is 44.8 Å². The van der Waals surface area contributed by atoms with Crippen molar-refractivity contribution < 1.29 is 18.7 Å². The van der Waals surface area contributed by atoms with Crippen molar-refractivity contribution in [3.63, 3.8) is 0 Å². The smallest absolute Gasteiger partial charge is 0.192 e. The second-order valence-corrected chi connectivity index (χ2v) is 13.1. The molecule has 0 radical (unpaired) electrons. The Morgan fingerprint density at radius 1 is 1.32 bits per heavy atom. The SMILES string of the molecule is CCCC[C@@H](O[Si](C)(C)C(C)(C)C)[C@]1(C=O)COC(C)(C)O1. The van der Waals surface area contributed by atoms with Crippen LogP contribution in [0.15, 0.2) is 0 Å². The standard InChI is InChI=1S/C17H34O4Si/c1-9-10-11-14(20-22(7,8)15(2,3)4)17(12-18)13-19-16(5,6)21-17/h12,14H,9-11,13H2,1-8H3/t14-,17+/m1/s1. The molecule has 0 bridgehead atoms. The van der Waals surface area contributed by atoms with Crippen LogP contribution in [0, 0.1) is 0 Å². The molecule has 0 amide bonds. The third kappa shape index (κ3) is 4.40. The molecule has 1 fully saturated rings. The van der Waals surface area contributed by atoms with Crippen molar-refractivity contribution in [1.29, 1.82) is 0 Å². The molecular formula is C17H34O4Si. The lowest BCUT2D eigenvalue weighted by Gasteiger charge is -2.43. The first-order chi connectivity index (χ1) is 9.89. The van der Waals surface area contributed by atoms with Gasteiger partial charge in [0, 0.05) is 0 Å². The van der Waals surface area contributed by atoms with Gasteiger partial charge < -0.3 is 13.9 Å². The van der Waals surface area contributed by atoms with Gasteiger partial charge in [-0.05, 0) is 38.4 Å². The van der Waals surface area contributed by atoms with Gasteiger partial charge in [-0.1, -0.05) is 40.5 Å². The molecule has 1 aliphatic heterocycles. The highest BCUT2D eigenvalue weighted by atomic mass is 28.4. The summed E-state index contributed by atoms with van der Waals surface area (Å²) in [5.41, 5.74) is -0.978. The molecule has 1 heterocycles. The maximum absolute atomic E-state index is 11.9. The second-order valence-electron chi connectivity index (χ2n) is 8.37. The normalized spacial score (nSPS) is 26.9. The summed E-state index contributed by atoms with van der Waals surface area (Å²) in [7, 11) is -1.99. The Bertz CT molecular complexity index is 387. The maximum atomic E-state index is 11.9. The van der Waals surface area contributed by atoms with E-state index in [1.54, 1.807) is 0 Å². The first kappa shape index (κ1) is 19.8. The van der Waals surface area contributed by atoms with Crippen molar-refractivity contribution in [3.05, 3.63) is 0 Å². The van der Waals surface area contributed by atoms with Crippen molar-refractivity contribution in [2.45, 2.75) is 96.4 Å². The van der Waals surface area contributed by atoms with Crippen molar-refractivity contribution in [2.24, 2.45) is 0 Å². The third-order valence-electron chi connectivity index (χ3n) is 4.89. The van der Waals surface area contributed by atoms with Crippen LogP contribution in [0.2, 0.25) is 18.1 Å². The minimum atomic E-state index is -1.99. The van der Waals surface area contributed by atoms with Crippen molar-refractivity contribution in [2.75, 3.05) is 6.61 Å².